The fraction of sp³-hybridized carbons (Fsp3) is 0.615. The van der Waals surface area contributed by atoms with E-state index in [4.69, 9.17) is 14.3 Å². The van der Waals surface area contributed by atoms with Gasteiger partial charge in [-0.3, -0.25) is 0 Å². The number of hydrogen-bond acceptors (Lipinski definition) is 0. The highest BCUT2D eigenvalue weighted by Gasteiger charge is 2.37. The maximum Gasteiger partial charge on any atom is 0.673 e. The SMILES string of the molecule is F[B-](F)(F)F.F[B-](F)(F)F.[2H]c1c(C(C)(C)C)[o+]c(C(C)(C)C)c([2H])c1-c1c([2H])c(C(C)(C)C)[o+]c(C(C)(C)C)c1[2H]. The van der Waals surface area contributed by atoms with Crippen LogP contribution in [0.4, 0.5) is 34.5 Å². The van der Waals surface area contributed by atoms with E-state index in [0.29, 0.717) is 23.0 Å². The molecule has 2 rings (SSSR count). The Bertz CT molecular complexity index is 1070. The van der Waals surface area contributed by atoms with Crippen molar-refractivity contribution in [1.82, 2.24) is 0 Å². The summed E-state index contributed by atoms with van der Waals surface area (Å²) in [4.78, 5) is 0. The third-order valence-electron chi connectivity index (χ3n) is 4.34. The molecule has 0 bridgehead atoms. The van der Waals surface area contributed by atoms with Crippen molar-refractivity contribution in [2.24, 2.45) is 0 Å². The van der Waals surface area contributed by atoms with Crippen LogP contribution in [0.1, 0.15) is 112 Å². The Hall–Kier alpha value is -2.13. The first kappa shape index (κ1) is 28.9. The van der Waals surface area contributed by atoms with Crippen LogP contribution < -0.4 is 0 Å². The Morgan fingerprint density at radius 3 is 0.684 bits per heavy atom. The molecule has 0 aromatic carbocycles. The molecule has 0 aliphatic carbocycles. The summed E-state index contributed by atoms with van der Waals surface area (Å²) in [5.74, 6) is 1.79. The largest absolute Gasteiger partial charge is 0.673 e. The van der Waals surface area contributed by atoms with Gasteiger partial charge in [-0.25, -0.2) is 8.83 Å². The van der Waals surface area contributed by atoms with E-state index in [2.05, 4.69) is 0 Å². The predicted octanol–water partition coefficient (Wildman–Crippen LogP) is 10.9. The first-order valence-corrected chi connectivity index (χ1v) is 11.8. The van der Waals surface area contributed by atoms with Crippen molar-refractivity contribution in [2.45, 2.75) is 105 Å². The van der Waals surface area contributed by atoms with Crippen molar-refractivity contribution >= 4 is 14.5 Å². The van der Waals surface area contributed by atoms with Gasteiger partial charge in [-0.05, 0) is 83.1 Å². The van der Waals surface area contributed by atoms with Crippen molar-refractivity contribution in [3.63, 3.8) is 0 Å². The zero-order chi connectivity index (χ0) is 34.2. The molecule has 0 saturated carbocycles. The Morgan fingerprint density at radius 1 is 0.447 bits per heavy atom. The molecule has 0 atom stereocenters. The number of hydrogen-bond donors (Lipinski definition) is 0. The van der Waals surface area contributed by atoms with E-state index in [0.717, 1.165) is 0 Å². The highest BCUT2D eigenvalue weighted by molar-refractivity contribution is 6.50. The van der Waals surface area contributed by atoms with Crippen molar-refractivity contribution in [2.75, 3.05) is 0 Å². The van der Waals surface area contributed by atoms with E-state index in [9.17, 15) is 34.5 Å². The highest BCUT2D eigenvalue weighted by Crippen LogP contribution is 2.37. The molecule has 0 N–H and O–H groups in total. The normalized spacial score (nSPS) is 14.7. The topological polar surface area (TPSA) is 22.6 Å². The van der Waals surface area contributed by atoms with Gasteiger partial charge in [-0.1, -0.05) is 0 Å². The van der Waals surface area contributed by atoms with Crippen LogP contribution in [0.3, 0.4) is 0 Å². The molecule has 2 nitrogen and oxygen atoms in total. The van der Waals surface area contributed by atoms with Gasteiger partial charge in [-0.15, -0.1) is 0 Å². The van der Waals surface area contributed by atoms with Crippen LogP contribution in [-0.4, -0.2) is 14.5 Å². The van der Waals surface area contributed by atoms with Gasteiger partial charge >= 0.3 is 37.5 Å². The van der Waals surface area contributed by atoms with Gasteiger partial charge in [0.05, 0.1) is 27.1 Å². The van der Waals surface area contributed by atoms with Gasteiger partial charge in [0.15, 0.2) is 0 Å². The third kappa shape index (κ3) is 14.7. The average molecular weight is 562 g/mol. The molecule has 2 heterocycles. The van der Waals surface area contributed by atoms with Crippen LogP contribution >= 0.6 is 0 Å². The third-order valence-corrected chi connectivity index (χ3v) is 4.34. The highest BCUT2D eigenvalue weighted by atomic mass is 19.5. The monoisotopic (exact) mass is 562 g/mol. The van der Waals surface area contributed by atoms with Crippen molar-refractivity contribution < 1.29 is 48.8 Å². The lowest BCUT2D eigenvalue weighted by atomic mass is 9.85. The van der Waals surface area contributed by atoms with E-state index in [1.54, 1.807) is 0 Å². The van der Waals surface area contributed by atoms with E-state index < -0.39 is 36.2 Å². The van der Waals surface area contributed by atoms with Crippen molar-refractivity contribution in [3.8, 4) is 11.1 Å². The summed E-state index contributed by atoms with van der Waals surface area (Å²) < 4.78 is 126. The zero-order valence-corrected chi connectivity index (χ0v) is 24.0. The second kappa shape index (κ2) is 11.9. The smallest absolute Gasteiger partial charge is 0.418 e. The maximum atomic E-state index is 9.75. The lowest BCUT2D eigenvalue weighted by Crippen LogP contribution is -2.18. The van der Waals surface area contributed by atoms with Crippen LogP contribution in [0.2, 0.25) is 0 Å². The minimum Gasteiger partial charge on any atom is -0.418 e. The lowest BCUT2D eigenvalue weighted by molar-refractivity contribution is 0.327. The van der Waals surface area contributed by atoms with Crippen molar-refractivity contribution in [1.29, 1.82) is 0 Å². The molecule has 2 aromatic heterocycles. The van der Waals surface area contributed by atoms with Crippen LogP contribution in [0.15, 0.2) is 33.0 Å². The minimum absolute atomic E-state index is 0.0587. The van der Waals surface area contributed by atoms with Crippen LogP contribution in [0.25, 0.3) is 11.1 Å². The number of rotatable bonds is 1. The fourth-order valence-corrected chi connectivity index (χ4v) is 2.44. The molecule has 0 fully saturated rings. The zero-order valence-electron chi connectivity index (χ0n) is 28.0. The molecular weight excluding hydrogens is 518 g/mol. The summed E-state index contributed by atoms with van der Waals surface area (Å²) in [7, 11) is -12.0. The van der Waals surface area contributed by atoms with Gasteiger partial charge in [0.25, 0.3) is 0 Å². The van der Waals surface area contributed by atoms with Crippen molar-refractivity contribution in [3.05, 3.63) is 47.2 Å². The summed E-state index contributed by atoms with van der Waals surface area (Å²) in [6, 6.07) is 0.235. The molecule has 38 heavy (non-hydrogen) atoms. The Balaban J connectivity index is 0.00000144. The van der Waals surface area contributed by atoms with Gasteiger partial charge in [-0.2, -0.15) is 0 Å². The van der Waals surface area contributed by atoms with Gasteiger partial charge in [0, 0.05) is 35.3 Å². The van der Waals surface area contributed by atoms with Gasteiger partial charge < -0.3 is 34.5 Å². The lowest BCUT2D eigenvalue weighted by Gasteiger charge is -2.17. The minimum atomic E-state index is -6.00. The first-order valence-electron chi connectivity index (χ1n) is 13.8. The number of halogens is 8. The Kier molecular flexibility index (Phi) is 9.07. The predicted molar refractivity (Wildman–Crippen MR) is 140 cm³/mol. The average Bonchev–Trinajstić information content (AvgIpc) is 2.63. The van der Waals surface area contributed by atoms with E-state index >= 15 is 0 Å². The maximum absolute atomic E-state index is 9.75. The molecule has 0 radical (unpaired) electrons. The van der Waals surface area contributed by atoms with Gasteiger partial charge in [0.2, 0.25) is 0 Å². The second-order valence-corrected chi connectivity index (χ2v) is 12.8. The molecule has 0 spiro atoms. The molecule has 2 aromatic rings. The van der Waals surface area contributed by atoms with Crippen LogP contribution in [0, 0.1) is 0 Å². The molecule has 0 saturated heterocycles. The van der Waals surface area contributed by atoms with Gasteiger partial charge in [0.1, 0.15) is 0 Å². The molecule has 0 aliphatic rings. The molecule has 218 valence electrons. The second-order valence-electron chi connectivity index (χ2n) is 12.8. The van der Waals surface area contributed by atoms with E-state index in [-0.39, 0.29) is 35.3 Å². The fourth-order valence-electron chi connectivity index (χ4n) is 2.44. The first-order chi connectivity index (χ1) is 18.1. The standard InChI is InChI=1S/C26H40O2.2BF4/c1-23(2,3)19-13-17(14-20(27-19)24(4,5)6)18-15-21(25(7,8)9)28-22(16-18)26(10,11)12;2*2-1(3,4)5/h13-16H,1-12H3;;/q+2;2*-1/i13D,14D,15D,16D;;. The van der Waals surface area contributed by atoms with E-state index in [1.165, 1.54) is 0 Å². The van der Waals surface area contributed by atoms with Crippen LogP contribution in [0.5, 0.6) is 0 Å². The summed E-state index contributed by atoms with van der Waals surface area (Å²) in [6.45, 7) is 23.6. The Labute approximate surface area is 227 Å². The summed E-state index contributed by atoms with van der Waals surface area (Å²) >= 11 is 0. The molecule has 0 aliphatic heterocycles. The Morgan fingerprint density at radius 2 is 0.579 bits per heavy atom. The molecule has 0 unspecified atom stereocenters. The van der Waals surface area contributed by atoms with Crippen LogP contribution in [-0.2, 0) is 21.7 Å². The molecule has 0 amide bonds. The molecule has 12 heteroatoms. The molecular formula is C26H40B2F8O2. The summed E-state index contributed by atoms with van der Waals surface area (Å²) in [6.07, 6.45) is 0. The summed E-state index contributed by atoms with van der Waals surface area (Å²) in [5.41, 5.74) is -1.39. The van der Waals surface area contributed by atoms with E-state index in [1.807, 2.05) is 83.1 Å². The quantitative estimate of drug-likeness (QED) is 0.196. The summed E-state index contributed by atoms with van der Waals surface area (Å²) in [5, 5.41) is 0.